The van der Waals surface area contributed by atoms with Crippen molar-refractivity contribution in [1.29, 1.82) is 0 Å². The number of nitrogens with one attached hydrogen (secondary N) is 2. The van der Waals surface area contributed by atoms with Crippen LogP contribution in [-0.2, 0) is 11.3 Å². The van der Waals surface area contributed by atoms with Crippen LogP contribution in [0.25, 0.3) is 0 Å². The molecule has 1 amide bonds. The highest BCUT2D eigenvalue weighted by molar-refractivity contribution is 14.0. The highest BCUT2D eigenvalue weighted by Gasteiger charge is 2.42. The van der Waals surface area contributed by atoms with E-state index >= 15 is 0 Å². The average Bonchev–Trinajstić information content (AvgIpc) is 3.17. The number of guanidine groups is 1. The van der Waals surface area contributed by atoms with E-state index in [1.54, 1.807) is 11.0 Å². The van der Waals surface area contributed by atoms with E-state index in [2.05, 4.69) is 32.5 Å². The van der Waals surface area contributed by atoms with Gasteiger partial charge in [-0.3, -0.25) is 14.5 Å². The standard InChI is InChI=1S/C15H25N7O.HI/c1-2-17-14(18-5-7-22-12-16-11-20-22)21-6-3-4-15(10-21)8-13(23)19-9-15;/h11-12H,2-10H2,1H3,(H,17,18)(H,19,23);1H. The van der Waals surface area contributed by atoms with Crippen LogP contribution in [0.2, 0.25) is 0 Å². The largest absolute Gasteiger partial charge is 0.357 e. The van der Waals surface area contributed by atoms with E-state index in [0.29, 0.717) is 19.5 Å². The van der Waals surface area contributed by atoms with Crippen LogP contribution in [-0.4, -0.2) is 64.3 Å². The van der Waals surface area contributed by atoms with Crippen LogP contribution in [0.5, 0.6) is 0 Å². The number of carbonyl (C=O) groups excluding carboxylic acids is 1. The first-order valence-corrected chi connectivity index (χ1v) is 8.33. The minimum absolute atomic E-state index is 0. The lowest BCUT2D eigenvalue weighted by atomic mass is 9.79. The number of hydrogen-bond acceptors (Lipinski definition) is 4. The number of hydrogen-bond donors (Lipinski definition) is 2. The molecule has 0 aromatic carbocycles. The van der Waals surface area contributed by atoms with Crippen LogP contribution in [0.15, 0.2) is 17.6 Å². The first-order chi connectivity index (χ1) is 11.2. The van der Waals surface area contributed by atoms with E-state index in [0.717, 1.165) is 45.0 Å². The Balaban J connectivity index is 0.00000208. The van der Waals surface area contributed by atoms with Gasteiger partial charge in [0.2, 0.25) is 5.91 Å². The van der Waals surface area contributed by atoms with Crippen molar-refractivity contribution in [2.45, 2.75) is 32.7 Å². The fraction of sp³-hybridized carbons (Fsp3) is 0.733. The number of piperidine rings is 1. The molecule has 8 nitrogen and oxygen atoms in total. The quantitative estimate of drug-likeness (QED) is 0.398. The predicted molar refractivity (Wildman–Crippen MR) is 102 cm³/mol. The zero-order valence-corrected chi connectivity index (χ0v) is 16.4. The van der Waals surface area contributed by atoms with E-state index in [1.807, 2.05) is 0 Å². The zero-order valence-electron chi connectivity index (χ0n) is 14.1. The normalized spacial score (nSPS) is 24.0. The number of rotatable bonds is 4. The van der Waals surface area contributed by atoms with Gasteiger partial charge >= 0.3 is 0 Å². The Morgan fingerprint density at radius 1 is 1.54 bits per heavy atom. The fourth-order valence-electron chi connectivity index (χ4n) is 3.46. The molecule has 3 heterocycles. The molecule has 1 unspecified atom stereocenters. The van der Waals surface area contributed by atoms with E-state index in [9.17, 15) is 4.79 Å². The summed E-state index contributed by atoms with van der Waals surface area (Å²) in [4.78, 5) is 22.6. The van der Waals surface area contributed by atoms with Crippen LogP contribution in [0.1, 0.15) is 26.2 Å². The summed E-state index contributed by atoms with van der Waals surface area (Å²) in [5.74, 6) is 1.12. The van der Waals surface area contributed by atoms with Crippen LogP contribution >= 0.6 is 24.0 Å². The minimum Gasteiger partial charge on any atom is -0.357 e. The second kappa shape index (κ2) is 8.63. The number of nitrogens with zero attached hydrogens (tertiary/aromatic N) is 5. The molecule has 2 aliphatic rings. The number of carbonyl (C=O) groups is 1. The SMILES string of the molecule is CCNC(=NCCn1cncn1)N1CCCC2(CNC(=O)C2)C1.I. The molecule has 134 valence electrons. The summed E-state index contributed by atoms with van der Waals surface area (Å²) >= 11 is 0. The molecule has 2 N–H and O–H groups in total. The summed E-state index contributed by atoms with van der Waals surface area (Å²) in [6, 6.07) is 0. The monoisotopic (exact) mass is 447 g/mol. The number of halogens is 1. The molecule has 2 aliphatic heterocycles. The molecular formula is C15H26IN7O. The third kappa shape index (κ3) is 4.58. The molecule has 1 spiro atoms. The van der Waals surface area contributed by atoms with Crippen molar-refractivity contribution < 1.29 is 4.79 Å². The lowest BCUT2D eigenvalue weighted by molar-refractivity contribution is -0.119. The molecule has 2 saturated heterocycles. The molecule has 1 atom stereocenters. The lowest BCUT2D eigenvalue weighted by Gasteiger charge is -2.40. The van der Waals surface area contributed by atoms with Gasteiger partial charge in [-0.2, -0.15) is 5.10 Å². The van der Waals surface area contributed by atoms with Gasteiger partial charge in [0.1, 0.15) is 12.7 Å². The second-order valence-corrected chi connectivity index (χ2v) is 6.37. The molecule has 0 bridgehead atoms. The summed E-state index contributed by atoms with van der Waals surface area (Å²) < 4.78 is 1.78. The van der Waals surface area contributed by atoms with E-state index in [-0.39, 0.29) is 35.3 Å². The summed E-state index contributed by atoms with van der Waals surface area (Å²) in [7, 11) is 0. The summed E-state index contributed by atoms with van der Waals surface area (Å²) in [6.45, 7) is 6.96. The van der Waals surface area contributed by atoms with Crippen LogP contribution < -0.4 is 10.6 Å². The highest BCUT2D eigenvalue weighted by Crippen LogP contribution is 2.35. The van der Waals surface area contributed by atoms with Gasteiger partial charge in [-0.15, -0.1) is 24.0 Å². The highest BCUT2D eigenvalue weighted by atomic mass is 127. The number of likely N-dealkylation sites (tertiary alicyclic amines) is 1. The zero-order chi connectivity index (χ0) is 16.1. The smallest absolute Gasteiger partial charge is 0.220 e. The Hall–Kier alpha value is -1.39. The van der Waals surface area contributed by atoms with Crippen molar-refractivity contribution in [3.05, 3.63) is 12.7 Å². The fourth-order valence-corrected chi connectivity index (χ4v) is 3.46. The molecule has 3 rings (SSSR count). The van der Waals surface area contributed by atoms with E-state index in [4.69, 9.17) is 4.99 Å². The third-order valence-corrected chi connectivity index (χ3v) is 4.55. The molecule has 0 radical (unpaired) electrons. The molecule has 9 heteroatoms. The number of aromatic nitrogens is 3. The molecular weight excluding hydrogens is 421 g/mol. The summed E-state index contributed by atoms with van der Waals surface area (Å²) in [6.07, 6.45) is 6.09. The van der Waals surface area contributed by atoms with Crippen molar-refractivity contribution in [3.63, 3.8) is 0 Å². The van der Waals surface area contributed by atoms with Crippen molar-refractivity contribution in [3.8, 4) is 0 Å². The van der Waals surface area contributed by atoms with Crippen molar-refractivity contribution in [1.82, 2.24) is 30.3 Å². The lowest BCUT2D eigenvalue weighted by Crippen LogP contribution is -2.51. The maximum absolute atomic E-state index is 11.6. The van der Waals surface area contributed by atoms with Crippen molar-refractivity contribution in [2.75, 3.05) is 32.7 Å². The van der Waals surface area contributed by atoms with Crippen LogP contribution in [0, 0.1) is 5.41 Å². The number of amides is 1. The van der Waals surface area contributed by atoms with E-state index < -0.39 is 0 Å². The van der Waals surface area contributed by atoms with Gasteiger partial charge in [0.25, 0.3) is 0 Å². The Labute approximate surface area is 159 Å². The molecule has 24 heavy (non-hydrogen) atoms. The number of aliphatic imine (C=N–C) groups is 1. The molecule has 1 aromatic rings. The Kier molecular flexibility index (Phi) is 6.81. The Bertz CT molecular complexity index is 562. The van der Waals surface area contributed by atoms with Crippen molar-refractivity contribution >= 4 is 35.8 Å². The van der Waals surface area contributed by atoms with Gasteiger partial charge in [-0.1, -0.05) is 0 Å². The van der Waals surface area contributed by atoms with Crippen LogP contribution in [0.4, 0.5) is 0 Å². The maximum atomic E-state index is 11.6. The third-order valence-electron chi connectivity index (χ3n) is 4.55. The first kappa shape index (κ1) is 18.9. The molecule has 2 fully saturated rings. The Morgan fingerprint density at radius 3 is 3.08 bits per heavy atom. The van der Waals surface area contributed by atoms with Gasteiger partial charge in [-0.05, 0) is 19.8 Å². The molecule has 0 saturated carbocycles. The summed E-state index contributed by atoms with van der Waals surface area (Å²) in [5, 5.41) is 10.5. The first-order valence-electron chi connectivity index (χ1n) is 8.33. The van der Waals surface area contributed by atoms with E-state index in [1.165, 1.54) is 6.33 Å². The Morgan fingerprint density at radius 2 is 2.42 bits per heavy atom. The topological polar surface area (TPSA) is 87.4 Å². The van der Waals surface area contributed by atoms with Crippen LogP contribution in [0.3, 0.4) is 0 Å². The van der Waals surface area contributed by atoms with Gasteiger partial charge in [0.15, 0.2) is 5.96 Å². The second-order valence-electron chi connectivity index (χ2n) is 6.37. The van der Waals surface area contributed by atoms with Crippen molar-refractivity contribution in [2.24, 2.45) is 10.4 Å². The predicted octanol–water partition coefficient (Wildman–Crippen LogP) is 0.464. The maximum Gasteiger partial charge on any atom is 0.220 e. The molecule has 1 aromatic heterocycles. The van der Waals surface area contributed by atoms with Gasteiger partial charge < -0.3 is 15.5 Å². The minimum atomic E-state index is 0. The van der Waals surface area contributed by atoms with Gasteiger partial charge in [-0.25, -0.2) is 4.98 Å². The molecule has 0 aliphatic carbocycles. The average molecular weight is 447 g/mol. The summed E-state index contributed by atoms with van der Waals surface area (Å²) in [5.41, 5.74) is 0.0808. The van der Waals surface area contributed by atoms with Gasteiger partial charge in [0, 0.05) is 38.0 Å². The van der Waals surface area contributed by atoms with Gasteiger partial charge in [0.05, 0.1) is 13.1 Å².